The molecule has 0 unspecified atom stereocenters. The first kappa shape index (κ1) is 17.2. The Kier molecular flexibility index (Phi) is 4.85. The molecule has 0 atom stereocenters. The van der Waals surface area contributed by atoms with Gasteiger partial charge in [-0.3, -0.25) is 4.79 Å². The predicted molar refractivity (Wildman–Crippen MR) is 101 cm³/mol. The van der Waals surface area contributed by atoms with E-state index in [1.54, 1.807) is 51.6 Å². The van der Waals surface area contributed by atoms with Crippen LogP contribution in [0.4, 0.5) is 0 Å². The second kappa shape index (κ2) is 7.06. The normalized spacial score (nSPS) is 11.2. The van der Waals surface area contributed by atoms with Crippen LogP contribution in [0.25, 0.3) is 10.9 Å². The van der Waals surface area contributed by atoms with Crippen molar-refractivity contribution in [1.82, 2.24) is 9.66 Å². The van der Waals surface area contributed by atoms with Crippen molar-refractivity contribution in [2.24, 2.45) is 5.10 Å². The second-order valence-electron chi connectivity index (χ2n) is 5.29. The second-order valence-corrected chi connectivity index (χ2v) is 6.21. The van der Waals surface area contributed by atoms with Gasteiger partial charge in [0.05, 0.1) is 31.3 Å². The van der Waals surface area contributed by atoms with Gasteiger partial charge in [0, 0.05) is 16.1 Å². The first-order valence-electron chi connectivity index (χ1n) is 7.49. The molecule has 0 aliphatic rings. The maximum Gasteiger partial charge on any atom is 0.282 e. The number of methoxy groups -OCH3 is 2. The van der Waals surface area contributed by atoms with Crippen molar-refractivity contribution in [3.8, 4) is 11.5 Å². The van der Waals surface area contributed by atoms with E-state index < -0.39 is 0 Å². The van der Waals surface area contributed by atoms with Gasteiger partial charge in [-0.25, -0.2) is 4.98 Å². The largest absolute Gasteiger partial charge is 0.497 e. The first-order valence-corrected chi connectivity index (χ1v) is 8.28. The summed E-state index contributed by atoms with van der Waals surface area (Å²) in [5.74, 6) is 1.79. The number of aryl methyl sites for hydroxylation is 1. The number of halogens is 1. The lowest BCUT2D eigenvalue weighted by Crippen LogP contribution is -2.20. The smallest absolute Gasteiger partial charge is 0.282 e. The van der Waals surface area contributed by atoms with Gasteiger partial charge < -0.3 is 9.47 Å². The minimum atomic E-state index is -0.229. The van der Waals surface area contributed by atoms with Crippen LogP contribution in [0.15, 0.2) is 50.8 Å². The fourth-order valence-corrected chi connectivity index (χ4v) is 2.80. The van der Waals surface area contributed by atoms with Crippen LogP contribution in [0.5, 0.6) is 11.5 Å². The summed E-state index contributed by atoms with van der Waals surface area (Å²) in [4.78, 5) is 17.2. The zero-order valence-corrected chi connectivity index (χ0v) is 15.6. The maximum atomic E-state index is 12.7. The molecule has 2 aromatic carbocycles. The van der Waals surface area contributed by atoms with E-state index in [-0.39, 0.29) is 5.56 Å². The van der Waals surface area contributed by atoms with Gasteiger partial charge in [0.2, 0.25) is 0 Å². The number of aromatic nitrogens is 2. The van der Waals surface area contributed by atoms with Gasteiger partial charge in [-0.15, -0.1) is 0 Å². The predicted octanol–water partition coefficient (Wildman–Crippen LogP) is 3.37. The third kappa shape index (κ3) is 3.41. The highest BCUT2D eigenvalue weighted by Gasteiger charge is 2.08. The minimum absolute atomic E-state index is 0.229. The molecule has 3 rings (SSSR count). The molecule has 0 fully saturated rings. The topological polar surface area (TPSA) is 65.7 Å². The summed E-state index contributed by atoms with van der Waals surface area (Å²) in [6.45, 7) is 1.74. The molecule has 1 heterocycles. The van der Waals surface area contributed by atoms with Crippen molar-refractivity contribution in [3.05, 3.63) is 62.6 Å². The summed E-state index contributed by atoms with van der Waals surface area (Å²) in [6.07, 6.45) is 1.57. The fourth-order valence-electron chi connectivity index (χ4n) is 2.44. The quantitative estimate of drug-likeness (QED) is 0.628. The minimum Gasteiger partial charge on any atom is -0.497 e. The van der Waals surface area contributed by atoms with Crippen molar-refractivity contribution in [2.75, 3.05) is 14.2 Å². The van der Waals surface area contributed by atoms with E-state index >= 15 is 0 Å². The summed E-state index contributed by atoms with van der Waals surface area (Å²) in [7, 11) is 3.16. The van der Waals surface area contributed by atoms with E-state index in [2.05, 4.69) is 26.0 Å². The van der Waals surface area contributed by atoms with Crippen LogP contribution in [0.2, 0.25) is 0 Å². The van der Waals surface area contributed by atoms with Crippen molar-refractivity contribution in [1.29, 1.82) is 0 Å². The van der Waals surface area contributed by atoms with Crippen LogP contribution in [0.3, 0.4) is 0 Å². The summed E-state index contributed by atoms with van der Waals surface area (Å²) < 4.78 is 12.6. The third-order valence-corrected chi connectivity index (χ3v) is 4.22. The van der Waals surface area contributed by atoms with Crippen LogP contribution < -0.4 is 15.0 Å². The molecule has 0 amide bonds. The molecule has 0 saturated carbocycles. The molecule has 0 radical (unpaired) electrons. The van der Waals surface area contributed by atoms with Gasteiger partial charge in [-0.1, -0.05) is 15.9 Å². The van der Waals surface area contributed by atoms with E-state index in [9.17, 15) is 4.79 Å². The van der Waals surface area contributed by atoms with Crippen molar-refractivity contribution >= 4 is 33.0 Å². The highest BCUT2D eigenvalue weighted by Crippen LogP contribution is 2.23. The SMILES string of the molecule is COc1ccc(C=Nn2c(C)nc3ccc(Br)cc3c2=O)c(OC)c1. The van der Waals surface area contributed by atoms with Crippen LogP contribution in [0.1, 0.15) is 11.4 Å². The van der Waals surface area contributed by atoms with Gasteiger partial charge in [-0.05, 0) is 37.3 Å². The molecule has 128 valence electrons. The Morgan fingerprint density at radius 3 is 2.68 bits per heavy atom. The van der Waals surface area contributed by atoms with E-state index in [1.807, 2.05) is 12.1 Å². The Bertz CT molecular complexity index is 1030. The molecular formula is C18H16BrN3O3. The summed E-state index contributed by atoms with van der Waals surface area (Å²) in [5, 5.41) is 4.80. The number of hydrogen-bond donors (Lipinski definition) is 0. The molecule has 25 heavy (non-hydrogen) atoms. The first-order chi connectivity index (χ1) is 12.0. The maximum absolute atomic E-state index is 12.7. The molecule has 0 N–H and O–H groups in total. The Morgan fingerprint density at radius 2 is 1.96 bits per heavy atom. The molecule has 6 nitrogen and oxygen atoms in total. The standard InChI is InChI=1S/C18H16BrN3O3/c1-11-21-16-7-5-13(19)8-15(16)18(23)22(11)20-10-12-4-6-14(24-2)9-17(12)25-3/h4-10H,1-3H3. The summed E-state index contributed by atoms with van der Waals surface area (Å²) in [5.41, 5.74) is 1.13. The van der Waals surface area contributed by atoms with Crippen LogP contribution >= 0.6 is 15.9 Å². The Labute approximate surface area is 152 Å². The molecule has 0 aliphatic heterocycles. The lowest BCUT2D eigenvalue weighted by molar-refractivity contribution is 0.394. The fraction of sp³-hybridized carbons (Fsp3) is 0.167. The summed E-state index contributed by atoms with van der Waals surface area (Å²) >= 11 is 3.38. The van der Waals surface area contributed by atoms with Crippen LogP contribution in [0, 0.1) is 6.92 Å². The van der Waals surface area contributed by atoms with Crippen LogP contribution in [-0.2, 0) is 0 Å². The molecule has 0 aliphatic carbocycles. The van der Waals surface area contributed by atoms with E-state index in [0.717, 1.165) is 10.0 Å². The average Bonchev–Trinajstić information content (AvgIpc) is 2.62. The molecule has 0 spiro atoms. The zero-order chi connectivity index (χ0) is 18.0. The van der Waals surface area contributed by atoms with Crippen LogP contribution in [-0.4, -0.2) is 30.1 Å². The highest BCUT2D eigenvalue weighted by atomic mass is 79.9. The monoisotopic (exact) mass is 401 g/mol. The Hall–Kier alpha value is -2.67. The van der Waals surface area contributed by atoms with E-state index in [0.29, 0.717) is 28.2 Å². The number of hydrogen-bond acceptors (Lipinski definition) is 5. The van der Waals surface area contributed by atoms with Gasteiger partial charge in [-0.2, -0.15) is 9.78 Å². The van der Waals surface area contributed by atoms with Gasteiger partial charge in [0.25, 0.3) is 5.56 Å². The number of rotatable bonds is 4. The van der Waals surface area contributed by atoms with Gasteiger partial charge in [0.1, 0.15) is 17.3 Å². The molecule has 7 heteroatoms. The number of fused-ring (bicyclic) bond motifs is 1. The molecule has 3 aromatic rings. The summed E-state index contributed by atoms with van der Waals surface area (Å²) in [6, 6.07) is 10.8. The lowest BCUT2D eigenvalue weighted by atomic mass is 10.2. The number of ether oxygens (including phenoxy) is 2. The van der Waals surface area contributed by atoms with Gasteiger partial charge >= 0.3 is 0 Å². The molecule has 1 aromatic heterocycles. The molecule has 0 bridgehead atoms. The van der Waals surface area contributed by atoms with Crippen molar-refractivity contribution in [2.45, 2.75) is 6.92 Å². The Balaban J connectivity index is 2.09. The van der Waals surface area contributed by atoms with E-state index in [1.165, 1.54) is 4.68 Å². The average molecular weight is 402 g/mol. The molecule has 0 saturated heterocycles. The van der Waals surface area contributed by atoms with Gasteiger partial charge in [0.15, 0.2) is 0 Å². The number of nitrogens with zero attached hydrogens (tertiary/aromatic N) is 3. The van der Waals surface area contributed by atoms with Crippen molar-refractivity contribution < 1.29 is 9.47 Å². The lowest BCUT2D eigenvalue weighted by Gasteiger charge is -2.08. The zero-order valence-electron chi connectivity index (χ0n) is 14.0. The Morgan fingerprint density at radius 1 is 1.16 bits per heavy atom. The van der Waals surface area contributed by atoms with Crippen molar-refractivity contribution in [3.63, 3.8) is 0 Å². The third-order valence-electron chi connectivity index (χ3n) is 3.72. The van der Waals surface area contributed by atoms with E-state index in [4.69, 9.17) is 9.47 Å². The molecular weight excluding hydrogens is 386 g/mol. The highest BCUT2D eigenvalue weighted by molar-refractivity contribution is 9.10. The number of benzene rings is 2.